The van der Waals surface area contributed by atoms with Crippen LogP contribution in [0.2, 0.25) is 0 Å². The van der Waals surface area contributed by atoms with Gasteiger partial charge in [-0.05, 0) is 55.5 Å². The van der Waals surface area contributed by atoms with Crippen LogP contribution in [-0.4, -0.2) is 40.3 Å². The summed E-state index contributed by atoms with van der Waals surface area (Å²) in [5.41, 5.74) is 2.56. The van der Waals surface area contributed by atoms with Crippen molar-refractivity contribution >= 4 is 15.9 Å². The maximum Gasteiger partial charge on any atom is 0.234 e. The van der Waals surface area contributed by atoms with Crippen LogP contribution >= 0.6 is 0 Å². The second-order valence-corrected chi connectivity index (χ2v) is 8.73. The highest BCUT2D eigenvalue weighted by Crippen LogP contribution is 2.14. The molecule has 0 atom stereocenters. The van der Waals surface area contributed by atoms with Gasteiger partial charge in [0.05, 0.1) is 12.9 Å². The first-order valence-electron chi connectivity index (χ1n) is 9.89. The van der Waals surface area contributed by atoms with Crippen molar-refractivity contribution in [2.75, 3.05) is 26.0 Å². The molecule has 0 saturated carbocycles. The Kier molecular flexibility index (Phi) is 9.67. The summed E-state index contributed by atoms with van der Waals surface area (Å²) < 4.78 is 29.6. The van der Waals surface area contributed by atoms with Gasteiger partial charge in [0.2, 0.25) is 15.9 Å². The molecule has 1 amide bonds. The van der Waals surface area contributed by atoms with E-state index in [9.17, 15) is 13.2 Å². The number of aryl methyl sites for hydroxylation is 2. The van der Waals surface area contributed by atoms with Crippen LogP contribution in [0, 0.1) is 0 Å². The normalized spacial score (nSPS) is 11.2. The Bertz CT molecular complexity index is 837. The lowest BCUT2D eigenvalue weighted by molar-refractivity contribution is -0.119. The molecular formula is C22H30N2O4S. The Hall–Kier alpha value is -2.38. The molecule has 7 heteroatoms. The lowest BCUT2D eigenvalue weighted by Crippen LogP contribution is -2.32. The predicted octanol–water partition coefficient (Wildman–Crippen LogP) is 2.69. The molecule has 0 radical (unpaired) electrons. The molecule has 2 rings (SSSR count). The third-order valence-electron chi connectivity index (χ3n) is 4.29. The first-order valence-corrected chi connectivity index (χ1v) is 11.8. The van der Waals surface area contributed by atoms with Crippen molar-refractivity contribution in [3.05, 3.63) is 65.7 Å². The Morgan fingerprint density at radius 2 is 1.55 bits per heavy atom. The maximum atomic E-state index is 11.4. The Morgan fingerprint density at radius 3 is 2.24 bits per heavy atom. The van der Waals surface area contributed by atoms with Crippen LogP contribution in [0.25, 0.3) is 0 Å². The van der Waals surface area contributed by atoms with Gasteiger partial charge in [-0.2, -0.15) is 0 Å². The minimum Gasteiger partial charge on any atom is -0.494 e. The van der Waals surface area contributed by atoms with Gasteiger partial charge in [-0.25, -0.2) is 8.42 Å². The molecule has 0 bridgehead atoms. The second kappa shape index (κ2) is 12.2. The van der Waals surface area contributed by atoms with E-state index < -0.39 is 15.9 Å². The van der Waals surface area contributed by atoms with E-state index in [0.29, 0.717) is 13.2 Å². The Morgan fingerprint density at radius 1 is 0.897 bits per heavy atom. The van der Waals surface area contributed by atoms with Gasteiger partial charge in [-0.15, -0.1) is 0 Å². The van der Waals surface area contributed by atoms with E-state index >= 15 is 0 Å². The highest BCUT2D eigenvalue weighted by Gasteiger charge is 2.07. The third-order valence-corrected chi connectivity index (χ3v) is 4.89. The van der Waals surface area contributed by atoms with E-state index in [1.807, 2.05) is 22.9 Å². The fourth-order valence-corrected chi connectivity index (χ4v) is 3.38. The van der Waals surface area contributed by atoms with Gasteiger partial charge in [0.15, 0.2) is 0 Å². The van der Waals surface area contributed by atoms with Crippen molar-refractivity contribution in [2.45, 2.75) is 32.1 Å². The van der Waals surface area contributed by atoms with Crippen LogP contribution in [0.4, 0.5) is 0 Å². The number of ether oxygens (including phenoxy) is 1. The zero-order valence-corrected chi connectivity index (χ0v) is 17.7. The molecular weight excluding hydrogens is 388 g/mol. The van der Waals surface area contributed by atoms with E-state index in [4.69, 9.17) is 4.74 Å². The summed E-state index contributed by atoms with van der Waals surface area (Å²) in [7, 11) is -3.47. The van der Waals surface area contributed by atoms with Gasteiger partial charge in [0.25, 0.3) is 0 Å². The minimum atomic E-state index is -3.47. The van der Waals surface area contributed by atoms with Gasteiger partial charge in [-0.1, -0.05) is 42.5 Å². The molecule has 2 aromatic rings. The van der Waals surface area contributed by atoms with Gasteiger partial charge in [0.1, 0.15) is 5.75 Å². The predicted molar refractivity (Wildman–Crippen MR) is 115 cm³/mol. The molecule has 0 heterocycles. The number of hydrogen-bond acceptors (Lipinski definition) is 5. The smallest absolute Gasteiger partial charge is 0.234 e. The molecule has 0 aliphatic rings. The summed E-state index contributed by atoms with van der Waals surface area (Å²) in [4.78, 5) is 11.4. The number of amides is 1. The van der Waals surface area contributed by atoms with Crippen molar-refractivity contribution < 1.29 is 17.9 Å². The average molecular weight is 419 g/mol. The molecule has 158 valence electrons. The molecule has 2 aromatic carbocycles. The second-order valence-electron chi connectivity index (χ2n) is 6.98. The minimum absolute atomic E-state index is 0.142. The number of nitrogens with one attached hydrogen (secondary N) is 2. The molecule has 0 unspecified atom stereocenters. The summed E-state index contributed by atoms with van der Waals surface area (Å²) in [6.07, 6.45) is 4.98. The van der Waals surface area contributed by atoms with Gasteiger partial charge >= 0.3 is 0 Å². The lowest BCUT2D eigenvalue weighted by Gasteiger charge is -2.08. The molecule has 6 nitrogen and oxygen atoms in total. The van der Waals surface area contributed by atoms with E-state index in [2.05, 4.69) is 41.7 Å². The molecule has 0 aliphatic heterocycles. The SMILES string of the molecule is CS(=O)(=O)NC(=O)CCNCCCc1ccc(OCCCc2ccccc2)cc1. The van der Waals surface area contributed by atoms with E-state index in [-0.39, 0.29) is 6.42 Å². The number of carbonyl (C=O) groups is 1. The van der Waals surface area contributed by atoms with Crippen molar-refractivity contribution in [2.24, 2.45) is 0 Å². The molecule has 29 heavy (non-hydrogen) atoms. The highest BCUT2D eigenvalue weighted by atomic mass is 32.2. The topological polar surface area (TPSA) is 84.5 Å². The molecule has 0 saturated heterocycles. The average Bonchev–Trinajstić information content (AvgIpc) is 2.68. The van der Waals surface area contributed by atoms with E-state index in [1.54, 1.807) is 0 Å². The highest BCUT2D eigenvalue weighted by molar-refractivity contribution is 7.89. The molecule has 0 aliphatic carbocycles. The Labute approximate surface area is 173 Å². The largest absolute Gasteiger partial charge is 0.494 e. The van der Waals surface area contributed by atoms with Crippen LogP contribution in [0.1, 0.15) is 30.4 Å². The summed E-state index contributed by atoms with van der Waals surface area (Å²) >= 11 is 0. The van der Waals surface area contributed by atoms with Crippen LogP contribution in [0.5, 0.6) is 5.75 Å². The third kappa shape index (κ3) is 10.7. The van der Waals surface area contributed by atoms with Crippen LogP contribution in [-0.2, 0) is 27.7 Å². The maximum absolute atomic E-state index is 11.4. The van der Waals surface area contributed by atoms with E-state index in [0.717, 1.165) is 44.2 Å². The van der Waals surface area contributed by atoms with Gasteiger partial charge in [0, 0.05) is 13.0 Å². The quantitative estimate of drug-likeness (QED) is 0.489. The number of carbonyl (C=O) groups excluding carboxylic acids is 1. The summed E-state index contributed by atoms with van der Waals surface area (Å²) in [5, 5.41) is 3.15. The van der Waals surface area contributed by atoms with Crippen molar-refractivity contribution in [3.8, 4) is 5.75 Å². The molecule has 2 N–H and O–H groups in total. The first kappa shape index (κ1) is 22.9. The fourth-order valence-electron chi connectivity index (χ4n) is 2.87. The van der Waals surface area contributed by atoms with E-state index in [1.165, 1.54) is 11.1 Å². The Balaban J connectivity index is 1.54. The number of hydrogen-bond donors (Lipinski definition) is 2. The number of benzene rings is 2. The molecule has 0 fully saturated rings. The van der Waals surface area contributed by atoms with Crippen molar-refractivity contribution in [3.63, 3.8) is 0 Å². The van der Waals surface area contributed by atoms with Crippen molar-refractivity contribution in [1.82, 2.24) is 10.0 Å². The first-order chi connectivity index (χ1) is 13.9. The standard InChI is InChI=1S/C22H30N2O4S/c1-29(26,27)24-22(25)15-17-23-16-5-9-20-11-13-21(14-12-20)28-18-6-10-19-7-3-2-4-8-19/h2-4,7-8,11-14,23H,5-6,9-10,15-18H2,1H3,(H,24,25). The monoisotopic (exact) mass is 418 g/mol. The molecule has 0 spiro atoms. The van der Waals surface area contributed by atoms with Crippen LogP contribution in [0.3, 0.4) is 0 Å². The zero-order chi connectivity index (χ0) is 21.0. The van der Waals surface area contributed by atoms with Gasteiger partial charge in [-0.3, -0.25) is 9.52 Å². The molecule has 0 aromatic heterocycles. The summed E-state index contributed by atoms with van der Waals surface area (Å²) in [6.45, 7) is 1.92. The van der Waals surface area contributed by atoms with Crippen LogP contribution in [0.15, 0.2) is 54.6 Å². The zero-order valence-electron chi connectivity index (χ0n) is 16.9. The summed E-state index contributed by atoms with van der Waals surface area (Å²) in [6, 6.07) is 18.6. The lowest BCUT2D eigenvalue weighted by atomic mass is 10.1. The summed E-state index contributed by atoms with van der Waals surface area (Å²) in [5.74, 6) is 0.399. The number of rotatable bonds is 13. The van der Waals surface area contributed by atoms with Crippen LogP contribution < -0.4 is 14.8 Å². The fraction of sp³-hybridized carbons (Fsp3) is 0.409. The van der Waals surface area contributed by atoms with Crippen molar-refractivity contribution in [1.29, 1.82) is 0 Å². The number of sulfonamides is 1. The van der Waals surface area contributed by atoms with Gasteiger partial charge < -0.3 is 10.1 Å².